The summed E-state index contributed by atoms with van der Waals surface area (Å²) in [5, 5.41) is 0. The van der Waals surface area contributed by atoms with E-state index in [0.29, 0.717) is 5.56 Å². The van der Waals surface area contributed by atoms with Crippen molar-refractivity contribution in [3.63, 3.8) is 0 Å². The second-order valence-corrected chi connectivity index (χ2v) is 4.88. The highest BCUT2D eigenvalue weighted by molar-refractivity contribution is 5.36. The van der Waals surface area contributed by atoms with Crippen LogP contribution < -0.4 is 16.0 Å². The van der Waals surface area contributed by atoms with E-state index in [1.807, 2.05) is 20.8 Å². The average molecular weight is 244 g/mol. The Bertz CT molecular complexity index is 364. The van der Waals surface area contributed by atoms with E-state index in [1.54, 1.807) is 18.2 Å². The Morgan fingerprint density at radius 2 is 1.82 bits per heavy atom. The summed E-state index contributed by atoms with van der Waals surface area (Å²) in [6.45, 7) is 3.07. The van der Waals surface area contributed by atoms with Gasteiger partial charge in [0.1, 0.15) is 5.75 Å². The smallest absolute Gasteiger partial charge is 0.387 e. The van der Waals surface area contributed by atoms with Crippen molar-refractivity contribution in [1.82, 2.24) is 5.43 Å². The van der Waals surface area contributed by atoms with Gasteiger partial charge in [-0.15, -0.1) is 0 Å². The molecule has 1 unspecified atom stereocenters. The van der Waals surface area contributed by atoms with Gasteiger partial charge in [-0.05, 0) is 11.5 Å². The maximum Gasteiger partial charge on any atom is 0.387 e. The maximum atomic E-state index is 12.3. The first-order valence-corrected chi connectivity index (χ1v) is 5.36. The Hall–Kier alpha value is -1.20. The average Bonchev–Trinajstić information content (AvgIpc) is 2.18. The van der Waals surface area contributed by atoms with Crippen LogP contribution in [0.25, 0.3) is 0 Å². The van der Waals surface area contributed by atoms with Crippen molar-refractivity contribution in [1.29, 1.82) is 0 Å². The number of para-hydroxylation sites is 1. The van der Waals surface area contributed by atoms with Crippen molar-refractivity contribution in [2.24, 2.45) is 11.3 Å². The van der Waals surface area contributed by atoms with Gasteiger partial charge in [-0.3, -0.25) is 11.3 Å². The van der Waals surface area contributed by atoms with Gasteiger partial charge in [-0.25, -0.2) is 0 Å². The molecular formula is C12H18F2N2O. The third-order valence-electron chi connectivity index (χ3n) is 2.48. The van der Waals surface area contributed by atoms with Gasteiger partial charge < -0.3 is 4.74 Å². The molecule has 1 rings (SSSR count). The Kier molecular flexibility index (Phi) is 4.42. The van der Waals surface area contributed by atoms with Crippen LogP contribution >= 0.6 is 0 Å². The number of benzene rings is 1. The molecule has 5 heteroatoms. The molecule has 96 valence electrons. The van der Waals surface area contributed by atoms with Gasteiger partial charge in [0, 0.05) is 5.56 Å². The lowest BCUT2D eigenvalue weighted by Crippen LogP contribution is -2.37. The lowest BCUT2D eigenvalue weighted by Gasteiger charge is -2.31. The zero-order valence-electron chi connectivity index (χ0n) is 10.2. The first-order chi connectivity index (χ1) is 7.86. The fraction of sp³-hybridized carbons (Fsp3) is 0.500. The molecule has 1 aromatic carbocycles. The van der Waals surface area contributed by atoms with Crippen LogP contribution in [0.15, 0.2) is 24.3 Å². The van der Waals surface area contributed by atoms with E-state index in [9.17, 15) is 8.78 Å². The molecule has 0 amide bonds. The fourth-order valence-electron chi connectivity index (χ4n) is 1.73. The summed E-state index contributed by atoms with van der Waals surface area (Å²) in [4.78, 5) is 0. The molecule has 1 atom stereocenters. The highest BCUT2D eigenvalue weighted by atomic mass is 19.3. The fourth-order valence-corrected chi connectivity index (χ4v) is 1.73. The highest BCUT2D eigenvalue weighted by Gasteiger charge is 2.28. The lowest BCUT2D eigenvalue weighted by atomic mass is 9.82. The number of ether oxygens (including phenoxy) is 1. The number of halogens is 2. The van der Waals surface area contributed by atoms with E-state index in [2.05, 4.69) is 10.2 Å². The third-order valence-corrected chi connectivity index (χ3v) is 2.48. The molecule has 0 bridgehead atoms. The van der Waals surface area contributed by atoms with E-state index >= 15 is 0 Å². The molecule has 0 heterocycles. The minimum atomic E-state index is -2.84. The molecule has 0 fully saturated rings. The van der Waals surface area contributed by atoms with E-state index in [1.165, 1.54) is 6.07 Å². The van der Waals surface area contributed by atoms with Gasteiger partial charge in [0.15, 0.2) is 0 Å². The first-order valence-electron chi connectivity index (χ1n) is 5.36. The van der Waals surface area contributed by atoms with Gasteiger partial charge >= 0.3 is 6.61 Å². The molecule has 0 aromatic heterocycles. The Morgan fingerprint density at radius 1 is 1.24 bits per heavy atom. The standard InChI is InChI=1S/C12H18F2N2O/c1-12(2,3)10(16-15)8-6-4-5-7-9(8)17-11(13)14/h4-7,10-11,16H,15H2,1-3H3. The number of rotatable bonds is 4. The molecule has 3 nitrogen and oxygen atoms in total. The van der Waals surface area contributed by atoms with Gasteiger partial charge in [0.25, 0.3) is 0 Å². The van der Waals surface area contributed by atoms with E-state index in [0.717, 1.165) is 0 Å². The molecule has 1 aromatic rings. The second kappa shape index (κ2) is 5.42. The van der Waals surface area contributed by atoms with Crippen molar-refractivity contribution < 1.29 is 13.5 Å². The van der Waals surface area contributed by atoms with Gasteiger partial charge in [0.05, 0.1) is 6.04 Å². The number of alkyl halides is 2. The Labute approximate surface area is 99.9 Å². The van der Waals surface area contributed by atoms with Crippen LogP contribution in [0, 0.1) is 5.41 Å². The van der Waals surface area contributed by atoms with Crippen molar-refractivity contribution >= 4 is 0 Å². The van der Waals surface area contributed by atoms with Crippen LogP contribution in [-0.4, -0.2) is 6.61 Å². The van der Waals surface area contributed by atoms with Crippen LogP contribution in [0.4, 0.5) is 8.78 Å². The predicted octanol–water partition coefficient (Wildman–Crippen LogP) is 2.84. The molecular weight excluding hydrogens is 226 g/mol. The van der Waals surface area contributed by atoms with E-state index in [-0.39, 0.29) is 17.2 Å². The summed E-state index contributed by atoms with van der Waals surface area (Å²) in [5.41, 5.74) is 3.06. The quantitative estimate of drug-likeness (QED) is 0.632. The topological polar surface area (TPSA) is 47.3 Å². The monoisotopic (exact) mass is 244 g/mol. The van der Waals surface area contributed by atoms with Crippen molar-refractivity contribution in [2.75, 3.05) is 0 Å². The molecule has 0 saturated heterocycles. The van der Waals surface area contributed by atoms with E-state index < -0.39 is 6.61 Å². The SMILES string of the molecule is CC(C)(C)C(NN)c1ccccc1OC(F)F. The number of nitrogens with two attached hydrogens (primary N) is 1. The van der Waals surface area contributed by atoms with Crippen molar-refractivity contribution in [2.45, 2.75) is 33.4 Å². The predicted molar refractivity (Wildman–Crippen MR) is 62.6 cm³/mol. The first kappa shape index (κ1) is 13.9. The maximum absolute atomic E-state index is 12.3. The summed E-state index contributed by atoms with van der Waals surface area (Å²) in [7, 11) is 0. The third kappa shape index (κ3) is 3.64. The summed E-state index contributed by atoms with van der Waals surface area (Å²) >= 11 is 0. The minimum absolute atomic E-state index is 0.153. The van der Waals surface area contributed by atoms with Gasteiger partial charge in [-0.1, -0.05) is 39.0 Å². The number of nitrogens with one attached hydrogen (secondary N) is 1. The lowest BCUT2D eigenvalue weighted by molar-refractivity contribution is -0.0511. The molecule has 0 radical (unpaired) electrons. The summed E-state index contributed by atoms with van der Waals surface area (Å²) in [6, 6.07) is 6.39. The summed E-state index contributed by atoms with van der Waals surface area (Å²) < 4.78 is 29.1. The molecule has 0 aliphatic carbocycles. The van der Waals surface area contributed by atoms with Crippen LogP contribution in [-0.2, 0) is 0 Å². The largest absolute Gasteiger partial charge is 0.434 e. The molecule has 3 N–H and O–H groups in total. The number of hydrogen-bond acceptors (Lipinski definition) is 3. The van der Waals surface area contributed by atoms with Gasteiger partial charge in [-0.2, -0.15) is 8.78 Å². The zero-order valence-corrected chi connectivity index (χ0v) is 10.2. The van der Waals surface area contributed by atoms with Crippen LogP contribution in [0.2, 0.25) is 0 Å². The Balaban J connectivity index is 3.10. The summed E-state index contributed by atoms with van der Waals surface area (Å²) in [6.07, 6.45) is 0. The van der Waals surface area contributed by atoms with Crippen molar-refractivity contribution in [3.05, 3.63) is 29.8 Å². The number of hydrogen-bond donors (Lipinski definition) is 2. The highest BCUT2D eigenvalue weighted by Crippen LogP contribution is 2.37. The molecule has 17 heavy (non-hydrogen) atoms. The minimum Gasteiger partial charge on any atom is -0.434 e. The summed E-state index contributed by atoms with van der Waals surface area (Å²) in [5.74, 6) is 5.65. The van der Waals surface area contributed by atoms with Crippen molar-refractivity contribution in [3.8, 4) is 5.75 Å². The molecule has 0 spiro atoms. The van der Waals surface area contributed by atoms with Crippen LogP contribution in [0.1, 0.15) is 32.4 Å². The van der Waals surface area contributed by atoms with Gasteiger partial charge in [0.2, 0.25) is 0 Å². The number of hydrazine groups is 1. The van der Waals surface area contributed by atoms with Crippen LogP contribution in [0.3, 0.4) is 0 Å². The molecule has 0 aliphatic rings. The van der Waals surface area contributed by atoms with E-state index in [4.69, 9.17) is 5.84 Å². The van der Waals surface area contributed by atoms with Crippen LogP contribution in [0.5, 0.6) is 5.75 Å². The Morgan fingerprint density at radius 3 is 2.29 bits per heavy atom. The normalized spacial score (nSPS) is 13.8. The molecule has 0 saturated carbocycles. The zero-order chi connectivity index (χ0) is 13.1. The molecule has 0 aliphatic heterocycles. The second-order valence-electron chi connectivity index (χ2n) is 4.88.